The summed E-state index contributed by atoms with van der Waals surface area (Å²) in [4.78, 5) is 47.2. The van der Waals surface area contributed by atoms with E-state index in [-0.39, 0.29) is 41.9 Å². The first-order valence-electron chi connectivity index (χ1n) is 12.6. The van der Waals surface area contributed by atoms with Crippen molar-refractivity contribution in [2.45, 2.75) is 48.8 Å². The molecule has 14 heteroatoms. The van der Waals surface area contributed by atoms with Crippen LogP contribution in [0.1, 0.15) is 25.7 Å². The van der Waals surface area contributed by atoms with Crippen LogP contribution in [0.2, 0.25) is 0 Å². The lowest BCUT2D eigenvalue weighted by Crippen LogP contribution is -2.45. The lowest BCUT2D eigenvalue weighted by atomic mass is 10.1. The largest absolute Gasteiger partial charge is 0.356 e. The van der Waals surface area contributed by atoms with E-state index in [1.807, 2.05) is 0 Å². The molecule has 0 unspecified atom stereocenters. The van der Waals surface area contributed by atoms with Crippen LogP contribution < -0.4 is 16.6 Å². The molecule has 0 spiro atoms. The van der Waals surface area contributed by atoms with Gasteiger partial charge in [0.15, 0.2) is 20.5 Å². The molecule has 0 saturated carbocycles. The Kier molecular flexibility index (Phi) is 7.93. The third-order valence-corrected chi connectivity index (χ3v) is 9.34. The zero-order chi connectivity index (χ0) is 27.4. The van der Waals surface area contributed by atoms with Gasteiger partial charge in [0.1, 0.15) is 11.4 Å². The van der Waals surface area contributed by atoms with E-state index in [9.17, 15) is 22.8 Å². The molecule has 1 aliphatic heterocycles. The summed E-state index contributed by atoms with van der Waals surface area (Å²) in [6.45, 7) is 0.561. The first-order valence-corrected chi connectivity index (χ1v) is 15.2. The SMILES string of the molecule is O=C(CCCSc1ncnc2[nH]ncc12)NCCCn1c(=O)c(-c2ccccc2)c2n(c1=O)CCCS2(=O)=O. The fourth-order valence-electron chi connectivity index (χ4n) is 4.57. The molecule has 0 atom stereocenters. The predicted octanol–water partition coefficient (Wildman–Crippen LogP) is 1.60. The third-order valence-electron chi connectivity index (χ3n) is 6.41. The second-order valence-corrected chi connectivity index (χ2v) is 12.2. The molecular weight excluding hydrogens is 542 g/mol. The van der Waals surface area contributed by atoms with Gasteiger partial charge in [0.2, 0.25) is 5.91 Å². The number of sulfone groups is 1. The highest BCUT2D eigenvalue weighted by Crippen LogP contribution is 2.27. The van der Waals surface area contributed by atoms with Gasteiger partial charge in [-0.1, -0.05) is 30.3 Å². The maximum absolute atomic E-state index is 13.4. The van der Waals surface area contributed by atoms with Crippen LogP contribution in [0.4, 0.5) is 0 Å². The van der Waals surface area contributed by atoms with Crippen LogP contribution in [-0.4, -0.2) is 61.7 Å². The van der Waals surface area contributed by atoms with Crippen molar-refractivity contribution in [1.82, 2.24) is 34.6 Å². The van der Waals surface area contributed by atoms with Gasteiger partial charge in [-0.05, 0) is 24.8 Å². The second kappa shape index (κ2) is 11.5. The molecule has 1 aliphatic rings. The summed E-state index contributed by atoms with van der Waals surface area (Å²) < 4.78 is 28.0. The molecule has 5 rings (SSSR count). The molecule has 0 radical (unpaired) electrons. The minimum atomic E-state index is -3.78. The van der Waals surface area contributed by atoms with Crippen LogP contribution in [0.3, 0.4) is 0 Å². The molecular formula is C25H27N7O5S2. The van der Waals surface area contributed by atoms with Crippen molar-refractivity contribution in [2.75, 3.05) is 18.1 Å². The van der Waals surface area contributed by atoms with E-state index < -0.39 is 21.1 Å². The number of aromatic amines is 1. The third kappa shape index (κ3) is 5.66. The van der Waals surface area contributed by atoms with Crippen LogP contribution >= 0.6 is 11.8 Å². The number of hydrogen-bond acceptors (Lipinski definition) is 9. The van der Waals surface area contributed by atoms with E-state index in [0.717, 1.165) is 15.0 Å². The van der Waals surface area contributed by atoms with Crippen LogP contribution in [0.15, 0.2) is 62.5 Å². The molecule has 1 aromatic carbocycles. The Morgan fingerprint density at radius 2 is 1.95 bits per heavy atom. The number of nitrogens with zero attached hydrogens (tertiary/aromatic N) is 5. The number of rotatable bonds is 10. The molecule has 0 aliphatic carbocycles. The van der Waals surface area contributed by atoms with Gasteiger partial charge in [-0.2, -0.15) is 5.10 Å². The summed E-state index contributed by atoms with van der Waals surface area (Å²) in [5.74, 6) is 0.460. The first kappa shape index (κ1) is 26.8. The van der Waals surface area contributed by atoms with Gasteiger partial charge in [0.25, 0.3) is 5.56 Å². The van der Waals surface area contributed by atoms with E-state index in [2.05, 4.69) is 25.5 Å². The van der Waals surface area contributed by atoms with Gasteiger partial charge in [-0.15, -0.1) is 11.8 Å². The first-order chi connectivity index (χ1) is 18.9. The van der Waals surface area contributed by atoms with E-state index in [1.165, 1.54) is 22.7 Å². The zero-order valence-electron chi connectivity index (χ0n) is 21.0. The van der Waals surface area contributed by atoms with E-state index in [0.29, 0.717) is 42.6 Å². The van der Waals surface area contributed by atoms with Gasteiger partial charge in [-0.25, -0.2) is 23.2 Å². The molecule has 1 amide bonds. The summed E-state index contributed by atoms with van der Waals surface area (Å²) >= 11 is 1.53. The summed E-state index contributed by atoms with van der Waals surface area (Å²) in [5.41, 5.74) is -0.138. The maximum atomic E-state index is 13.4. The van der Waals surface area contributed by atoms with E-state index >= 15 is 0 Å². The van der Waals surface area contributed by atoms with Gasteiger partial charge < -0.3 is 5.32 Å². The lowest BCUT2D eigenvalue weighted by molar-refractivity contribution is -0.121. The predicted molar refractivity (Wildman–Crippen MR) is 146 cm³/mol. The Labute approximate surface area is 227 Å². The summed E-state index contributed by atoms with van der Waals surface area (Å²) in [6.07, 6.45) is 4.75. The number of benzene rings is 1. The number of thioether (sulfide) groups is 1. The maximum Gasteiger partial charge on any atom is 0.332 e. The number of carbonyl (C=O) groups is 1. The number of nitrogens with one attached hydrogen (secondary N) is 2. The van der Waals surface area contributed by atoms with Crippen molar-refractivity contribution < 1.29 is 13.2 Å². The van der Waals surface area contributed by atoms with Crippen LogP contribution in [0.25, 0.3) is 22.2 Å². The summed E-state index contributed by atoms with van der Waals surface area (Å²) in [6, 6.07) is 8.54. The molecule has 2 N–H and O–H groups in total. The van der Waals surface area contributed by atoms with Crippen LogP contribution in [-0.2, 0) is 27.7 Å². The number of fused-ring (bicyclic) bond motifs is 2. The summed E-state index contributed by atoms with van der Waals surface area (Å²) in [7, 11) is -3.78. The standard InChI is InChI=1S/C25H27N7O5S2/c33-19(9-4-13-38-22-18-15-29-30-21(18)27-16-28-22)26-10-5-11-31-23(34)20(17-7-2-1-3-8-17)24-32(25(31)35)12-6-14-39(24,36)37/h1-3,7-8,15-16H,4-6,9-14H2,(H,26,33)(H,27,28,29,30). The molecule has 0 bridgehead atoms. The fraction of sp³-hybridized carbons (Fsp3) is 0.360. The molecule has 39 heavy (non-hydrogen) atoms. The normalized spacial score (nSPS) is 14.3. The number of carbonyl (C=O) groups excluding carboxylic acids is 1. The van der Waals surface area contributed by atoms with E-state index in [1.54, 1.807) is 36.5 Å². The summed E-state index contributed by atoms with van der Waals surface area (Å²) in [5, 5.41) is 11.0. The minimum absolute atomic E-state index is 0.0211. The van der Waals surface area contributed by atoms with Gasteiger partial charge in [0, 0.05) is 31.8 Å². The van der Waals surface area contributed by atoms with Crippen LogP contribution in [0.5, 0.6) is 0 Å². The number of H-pyrrole nitrogens is 1. The van der Waals surface area contributed by atoms with Gasteiger partial charge >= 0.3 is 5.69 Å². The smallest absolute Gasteiger partial charge is 0.332 e. The van der Waals surface area contributed by atoms with Crippen molar-refractivity contribution in [1.29, 1.82) is 0 Å². The Morgan fingerprint density at radius 1 is 1.13 bits per heavy atom. The molecule has 0 saturated heterocycles. The Hall–Kier alpha value is -3.78. The highest BCUT2D eigenvalue weighted by atomic mass is 32.2. The molecule has 204 valence electrons. The second-order valence-electron chi connectivity index (χ2n) is 9.08. The van der Waals surface area contributed by atoms with Crippen molar-refractivity contribution in [2.24, 2.45) is 0 Å². The number of hydrogen-bond donors (Lipinski definition) is 2. The highest BCUT2D eigenvalue weighted by Gasteiger charge is 2.32. The van der Waals surface area contributed by atoms with Crippen LogP contribution in [0, 0.1) is 0 Å². The van der Waals surface area contributed by atoms with Crippen molar-refractivity contribution in [3.05, 3.63) is 63.7 Å². The van der Waals surface area contributed by atoms with E-state index in [4.69, 9.17) is 0 Å². The van der Waals surface area contributed by atoms with Gasteiger partial charge in [0.05, 0.1) is 22.9 Å². The Morgan fingerprint density at radius 3 is 2.77 bits per heavy atom. The molecule has 0 fully saturated rings. The highest BCUT2D eigenvalue weighted by molar-refractivity contribution is 7.99. The lowest BCUT2D eigenvalue weighted by Gasteiger charge is -2.23. The zero-order valence-corrected chi connectivity index (χ0v) is 22.6. The molecule has 4 aromatic rings. The van der Waals surface area contributed by atoms with Crippen molar-refractivity contribution >= 4 is 38.5 Å². The molecule has 12 nitrogen and oxygen atoms in total. The average molecular weight is 570 g/mol. The quantitative estimate of drug-likeness (QED) is 0.164. The Balaban J connectivity index is 1.20. The van der Waals surface area contributed by atoms with Gasteiger partial charge in [-0.3, -0.25) is 23.8 Å². The number of amides is 1. The monoisotopic (exact) mass is 569 g/mol. The van der Waals surface area contributed by atoms with Crippen molar-refractivity contribution in [3.63, 3.8) is 0 Å². The minimum Gasteiger partial charge on any atom is -0.356 e. The topological polar surface area (TPSA) is 162 Å². The van der Waals surface area contributed by atoms with Crippen molar-refractivity contribution in [3.8, 4) is 11.1 Å². The Bertz CT molecular complexity index is 1730. The molecule has 4 heterocycles. The number of aromatic nitrogens is 6. The molecule has 3 aromatic heterocycles. The average Bonchev–Trinajstić information content (AvgIpc) is 3.41. The fourth-order valence-corrected chi connectivity index (χ4v) is 7.20.